The molecule has 0 aliphatic rings. The number of benzene rings is 2. The van der Waals surface area contributed by atoms with Crippen LogP contribution in [-0.4, -0.2) is 10.1 Å². The largest absolute Gasteiger partial charge is 0.382 e. The highest BCUT2D eigenvalue weighted by atomic mass is 32.1. The van der Waals surface area contributed by atoms with E-state index >= 15 is 0 Å². The minimum atomic E-state index is -0.633. The molecule has 3 aromatic rings. The first-order valence-electron chi connectivity index (χ1n) is 5.39. The lowest BCUT2D eigenvalue weighted by atomic mass is 10.0. The van der Waals surface area contributed by atoms with Gasteiger partial charge in [-0.25, -0.2) is 4.98 Å². The van der Waals surface area contributed by atoms with Gasteiger partial charge < -0.3 is 5.11 Å². The Hall–Kier alpha value is -1.71. The Morgan fingerprint density at radius 1 is 1.06 bits per heavy atom. The first-order valence-corrected chi connectivity index (χ1v) is 6.34. The number of hydrogen-bond acceptors (Lipinski definition) is 3. The van der Waals surface area contributed by atoms with E-state index < -0.39 is 6.10 Å². The Balaban J connectivity index is 2.06. The van der Waals surface area contributed by atoms with E-state index in [1.807, 2.05) is 41.8 Å². The zero-order chi connectivity index (χ0) is 11.7. The van der Waals surface area contributed by atoms with Crippen molar-refractivity contribution in [3.63, 3.8) is 0 Å². The third-order valence-corrected chi connectivity index (χ3v) is 3.43. The van der Waals surface area contributed by atoms with Crippen LogP contribution in [0, 0.1) is 0 Å². The van der Waals surface area contributed by atoms with E-state index in [0.29, 0.717) is 5.69 Å². The van der Waals surface area contributed by atoms with Crippen molar-refractivity contribution in [3.05, 3.63) is 64.6 Å². The van der Waals surface area contributed by atoms with Crippen molar-refractivity contribution in [1.29, 1.82) is 0 Å². The zero-order valence-corrected chi connectivity index (χ0v) is 9.89. The Kier molecular flexibility index (Phi) is 2.63. The fraction of sp³-hybridized carbons (Fsp3) is 0.0714. The summed E-state index contributed by atoms with van der Waals surface area (Å²) in [5.74, 6) is 0. The SMILES string of the molecule is OC(c1ccc2ccccc2c1)c1cscn1. The maximum absolute atomic E-state index is 10.2. The topological polar surface area (TPSA) is 33.1 Å². The number of aliphatic hydroxyl groups is 1. The first kappa shape index (κ1) is 10.4. The number of aliphatic hydroxyl groups excluding tert-OH is 1. The van der Waals surface area contributed by atoms with Gasteiger partial charge in [-0.3, -0.25) is 0 Å². The summed E-state index contributed by atoms with van der Waals surface area (Å²) < 4.78 is 0. The molecule has 0 aliphatic carbocycles. The number of rotatable bonds is 2. The molecule has 0 amide bonds. The van der Waals surface area contributed by atoms with Gasteiger partial charge in [0.25, 0.3) is 0 Å². The maximum atomic E-state index is 10.2. The molecule has 0 spiro atoms. The summed E-state index contributed by atoms with van der Waals surface area (Å²) in [5, 5.41) is 14.4. The van der Waals surface area contributed by atoms with E-state index in [-0.39, 0.29) is 0 Å². The molecule has 1 aromatic heterocycles. The molecule has 1 unspecified atom stereocenters. The van der Waals surface area contributed by atoms with Crippen molar-refractivity contribution in [2.24, 2.45) is 0 Å². The maximum Gasteiger partial charge on any atom is 0.122 e. The standard InChI is InChI=1S/C14H11NOS/c16-14(13-8-17-9-15-13)12-6-5-10-3-1-2-4-11(10)7-12/h1-9,14,16H. The molecule has 2 nitrogen and oxygen atoms in total. The van der Waals surface area contributed by atoms with Crippen LogP contribution in [0.15, 0.2) is 53.4 Å². The zero-order valence-electron chi connectivity index (χ0n) is 9.08. The summed E-state index contributed by atoms with van der Waals surface area (Å²) in [6.07, 6.45) is -0.633. The quantitative estimate of drug-likeness (QED) is 0.746. The first-order chi connectivity index (χ1) is 8.34. The van der Waals surface area contributed by atoms with Gasteiger partial charge in [0.1, 0.15) is 6.10 Å². The smallest absolute Gasteiger partial charge is 0.122 e. The van der Waals surface area contributed by atoms with Crippen molar-refractivity contribution >= 4 is 22.1 Å². The molecule has 0 bridgehead atoms. The second-order valence-electron chi connectivity index (χ2n) is 3.92. The molecule has 2 aromatic carbocycles. The minimum absolute atomic E-state index is 0.633. The van der Waals surface area contributed by atoms with Crippen LogP contribution >= 0.6 is 11.3 Å². The van der Waals surface area contributed by atoms with Crippen molar-refractivity contribution in [3.8, 4) is 0 Å². The summed E-state index contributed by atoms with van der Waals surface area (Å²) in [5.41, 5.74) is 3.33. The van der Waals surface area contributed by atoms with Crippen LogP contribution in [0.5, 0.6) is 0 Å². The number of fused-ring (bicyclic) bond motifs is 1. The Morgan fingerprint density at radius 3 is 2.65 bits per heavy atom. The molecule has 17 heavy (non-hydrogen) atoms. The van der Waals surface area contributed by atoms with Crippen LogP contribution in [0.25, 0.3) is 10.8 Å². The molecular weight excluding hydrogens is 230 g/mol. The van der Waals surface area contributed by atoms with Crippen LogP contribution in [0.1, 0.15) is 17.4 Å². The average molecular weight is 241 g/mol. The minimum Gasteiger partial charge on any atom is -0.382 e. The number of aromatic nitrogens is 1. The second-order valence-corrected chi connectivity index (χ2v) is 4.64. The van der Waals surface area contributed by atoms with Crippen LogP contribution in [0.4, 0.5) is 0 Å². The van der Waals surface area contributed by atoms with Crippen molar-refractivity contribution < 1.29 is 5.11 Å². The van der Waals surface area contributed by atoms with Gasteiger partial charge in [-0.15, -0.1) is 11.3 Å². The second kappa shape index (κ2) is 4.28. The lowest BCUT2D eigenvalue weighted by Gasteiger charge is -2.09. The van der Waals surface area contributed by atoms with Gasteiger partial charge in [0, 0.05) is 5.38 Å². The van der Waals surface area contributed by atoms with Gasteiger partial charge in [-0.2, -0.15) is 0 Å². The molecule has 3 rings (SSSR count). The lowest BCUT2D eigenvalue weighted by Crippen LogP contribution is -1.99. The predicted molar refractivity (Wildman–Crippen MR) is 70.1 cm³/mol. The highest BCUT2D eigenvalue weighted by Crippen LogP contribution is 2.25. The van der Waals surface area contributed by atoms with E-state index in [1.165, 1.54) is 16.7 Å². The van der Waals surface area contributed by atoms with Gasteiger partial charge in [-0.1, -0.05) is 36.4 Å². The van der Waals surface area contributed by atoms with Crippen molar-refractivity contribution in [2.75, 3.05) is 0 Å². The molecule has 0 fully saturated rings. The lowest BCUT2D eigenvalue weighted by molar-refractivity contribution is 0.216. The van der Waals surface area contributed by atoms with Gasteiger partial charge in [0.15, 0.2) is 0 Å². The summed E-state index contributed by atoms with van der Waals surface area (Å²) in [7, 11) is 0. The molecule has 1 heterocycles. The third kappa shape index (κ3) is 1.95. The fourth-order valence-electron chi connectivity index (χ4n) is 1.91. The van der Waals surface area contributed by atoms with Crippen molar-refractivity contribution in [2.45, 2.75) is 6.10 Å². The van der Waals surface area contributed by atoms with E-state index in [1.54, 1.807) is 5.51 Å². The highest BCUT2D eigenvalue weighted by Gasteiger charge is 2.12. The number of thiazole rings is 1. The normalized spacial score (nSPS) is 12.8. The van der Waals surface area contributed by atoms with E-state index in [0.717, 1.165) is 10.9 Å². The molecule has 0 radical (unpaired) electrons. The van der Waals surface area contributed by atoms with E-state index in [9.17, 15) is 5.11 Å². The third-order valence-electron chi connectivity index (χ3n) is 2.82. The monoisotopic (exact) mass is 241 g/mol. The molecule has 1 atom stereocenters. The summed E-state index contributed by atoms with van der Waals surface area (Å²) in [6, 6.07) is 14.1. The highest BCUT2D eigenvalue weighted by molar-refractivity contribution is 7.07. The summed E-state index contributed by atoms with van der Waals surface area (Å²) in [4.78, 5) is 4.14. The summed E-state index contributed by atoms with van der Waals surface area (Å²) >= 11 is 1.50. The van der Waals surface area contributed by atoms with Gasteiger partial charge in [0.2, 0.25) is 0 Å². The van der Waals surface area contributed by atoms with E-state index in [4.69, 9.17) is 0 Å². The molecule has 0 aliphatic heterocycles. The summed E-state index contributed by atoms with van der Waals surface area (Å²) in [6.45, 7) is 0. The molecule has 0 saturated carbocycles. The van der Waals surface area contributed by atoms with Crippen LogP contribution in [-0.2, 0) is 0 Å². The predicted octanol–water partition coefficient (Wildman–Crippen LogP) is 3.38. The van der Waals surface area contributed by atoms with Crippen LogP contribution < -0.4 is 0 Å². The number of hydrogen-bond donors (Lipinski definition) is 1. The van der Waals surface area contributed by atoms with Crippen molar-refractivity contribution in [1.82, 2.24) is 4.98 Å². The Labute approximate surface area is 103 Å². The van der Waals surface area contributed by atoms with Gasteiger partial charge >= 0.3 is 0 Å². The van der Waals surface area contributed by atoms with Gasteiger partial charge in [0.05, 0.1) is 11.2 Å². The van der Waals surface area contributed by atoms with Crippen LogP contribution in [0.3, 0.4) is 0 Å². The molecule has 0 saturated heterocycles. The van der Waals surface area contributed by atoms with E-state index in [2.05, 4.69) is 11.1 Å². The van der Waals surface area contributed by atoms with Gasteiger partial charge in [-0.05, 0) is 22.4 Å². The molecular formula is C14H11NOS. The Bertz CT molecular complexity index is 634. The fourth-order valence-corrected chi connectivity index (χ4v) is 2.48. The van der Waals surface area contributed by atoms with Crippen LogP contribution in [0.2, 0.25) is 0 Å². The average Bonchev–Trinajstić information content (AvgIpc) is 2.91. The molecule has 84 valence electrons. The molecule has 3 heteroatoms. The Morgan fingerprint density at radius 2 is 1.88 bits per heavy atom. The molecule has 1 N–H and O–H groups in total. The number of nitrogens with zero attached hydrogens (tertiary/aromatic N) is 1.